The van der Waals surface area contributed by atoms with Crippen LogP contribution in [0, 0.1) is 23.6 Å². The van der Waals surface area contributed by atoms with E-state index in [-0.39, 0.29) is 24.1 Å². The summed E-state index contributed by atoms with van der Waals surface area (Å²) in [6, 6.07) is 4.45. The molecule has 21 heavy (non-hydrogen) atoms. The minimum atomic E-state index is -0.519. The van der Waals surface area contributed by atoms with Gasteiger partial charge in [0.05, 0.1) is 12.1 Å². The zero-order chi connectivity index (χ0) is 15.2. The van der Waals surface area contributed by atoms with Gasteiger partial charge in [-0.05, 0) is 37.0 Å². The van der Waals surface area contributed by atoms with E-state index in [9.17, 15) is 9.18 Å². The lowest BCUT2D eigenvalue weighted by atomic mass is 9.86. The third-order valence-corrected chi connectivity index (χ3v) is 3.97. The van der Waals surface area contributed by atoms with Gasteiger partial charge in [0.15, 0.2) is 0 Å². The minimum Gasteiger partial charge on any atom is -0.349 e. The normalized spacial score (nSPS) is 21.3. The molecule has 112 valence electrons. The molecule has 0 spiro atoms. The summed E-state index contributed by atoms with van der Waals surface area (Å²) < 4.78 is 13.9. The Balaban J connectivity index is 2.14. The van der Waals surface area contributed by atoms with Gasteiger partial charge in [-0.15, -0.1) is 0 Å². The van der Waals surface area contributed by atoms with Crippen molar-refractivity contribution in [3.63, 3.8) is 0 Å². The van der Waals surface area contributed by atoms with Gasteiger partial charge in [-0.25, -0.2) is 4.39 Å². The van der Waals surface area contributed by atoms with Crippen molar-refractivity contribution in [3.8, 4) is 11.8 Å². The third kappa shape index (κ3) is 4.05. The number of benzene rings is 1. The Morgan fingerprint density at radius 3 is 2.90 bits per heavy atom. The maximum Gasteiger partial charge on any atom is 0.254 e. The van der Waals surface area contributed by atoms with Crippen LogP contribution >= 0.6 is 0 Å². The van der Waals surface area contributed by atoms with Crippen molar-refractivity contribution < 1.29 is 9.18 Å². The third-order valence-electron chi connectivity index (χ3n) is 3.97. The van der Waals surface area contributed by atoms with Gasteiger partial charge < -0.3 is 11.1 Å². The predicted molar refractivity (Wildman–Crippen MR) is 81.2 cm³/mol. The highest BCUT2D eigenvalue weighted by molar-refractivity contribution is 5.95. The fourth-order valence-corrected chi connectivity index (χ4v) is 2.71. The van der Waals surface area contributed by atoms with Crippen LogP contribution < -0.4 is 11.1 Å². The summed E-state index contributed by atoms with van der Waals surface area (Å²) in [5, 5.41) is 2.96. The molecule has 2 unspecified atom stereocenters. The molecule has 0 radical (unpaired) electrons. The number of halogens is 1. The van der Waals surface area contributed by atoms with Crippen molar-refractivity contribution in [3.05, 3.63) is 35.1 Å². The number of hydrogen-bond donors (Lipinski definition) is 2. The first-order valence-electron chi connectivity index (χ1n) is 7.41. The number of rotatable bonds is 2. The van der Waals surface area contributed by atoms with E-state index in [1.807, 2.05) is 0 Å². The van der Waals surface area contributed by atoms with Crippen LogP contribution in [0.4, 0.5) is 4.39 Å². The second-order valence-electron chi connectivity index (χ2n) is 5.54. The number of carbonyl (C=O) groups excluding carboxylic acids is 1. The average molecular weight is 288 g/mol. The Morgan fingerprint density at radius 1 is 1.43 bits per heavy atom. The second-order valence-corrected chi connectivity index (χ2v) is 5.54. The quantitative estimate of drug-likeness (QED) is 0.821. The molecule has 0 saturated heterocycles. The van der Waals surface area contributed by atoms with E-state index >= 15 is 0 Å². The highest BCUT2D eigenvalue weighted by Gasteiger charge is 2.24. The molecule has 3 nitrogen and oxygen atoms in total. The lowest BCUT2D eigenvalue weighted by Gasteiger charge is -2.29. The molecule has 0 bridgehead atoms. The summed E-state index contributed by atoms with van der Waals surface area (Å²) in [4.78, 5) is 12.3. The molecular formula is C17H21FN2O. The van der Waals surface area contributed by atoms with Crippen molar-refractivity contribution in [2.45, 2.75) is 38.6 Å². The van der Waals surface area contributed by atoms with Crippen molar-refractivity contribution >= 4 is 5.91 Å². The van der Waals surface area contributed by atoms with E-state index in [4.69, 9.17) is 5.73 Å². The Hall–Kier alpha value is -1.86. The molecule has 1 fully saturated rings. The molecule has 4 heteroatoms. The molecule has 2 rings (SSSR count). The van der Waals surface area contributed by atoms with Crippen LogP contribution in [-0.2, 0) is 0 Å². The number of hydrogen-bond acceptors (Lipinski definition) is 2. The molecular weight excluding hydrogens is 267 g/mol. The molecule has 2 atom stereocenters. The molecule has 0 aromatic heterocycles. The van der Waals surface area contributed by atoms with Crippen LogP contribution in [0.1, 0.15) is 48.5 Å². The summed E-state index contributed by atoms with van der Waals surface area (Å²) in [7, 11) is 0. The molecule has 3 N–H and O–H groups in total. The SMILES string of the molecule is CC1CCCCC1NC(=O)c1cc(C#CCN)ccc1F. The highest BCUT2D eigenvalue weighted by atomic mass is 19.1. The first-order valence-corrected chi connectivity index (χ1v) is 7.41. The van der Waals surface area contributed by atoms with Crippen molar-refractivity contribution in [2.24, 2.45) is 11.7 Å². The molecule has 0 heterocycles. The van der Waals surface area contributed by atoms with E-state index < -0.39 is 5.82 Å². The lowest BCUT2D eigenvalue weighted by Crippen LogP contribution is -2.41. The maximum atomic E-state index is 13.9. The fraction of sp³-hybridized carbons (Fsp3) is 0.471. The average Bonchev–Trinajstić information content (AvgIpc) is 2.48. The maximum absolute atomic E-state index is 13.9. The van der Waals surface area contributed by atoms with Crippen LogP contribution in [0.2, 0.25) is 0 Å². The van der Waals surface area contributed by atoms with Crippen molar-refractivity contribution in [1.82, 2.24) is 5.32 Å². The van der Waals surface area contributed by atoms with E-state index in [2.05, 4.69) is 24.1 Å². The monoisotopic (exact) mass is 288 g/mol. The number of nitrogens with two attached hydrogens (primary N) is 1. The van der Waals surface area contributed by atoms with Gasteiger partial charge in [-0.2, -0.15) is 0 Å². The topological polar surface area (TPSA) is 55.1 Å². The Kier molecular flexibility index (Phi) is 5.35. The standard InChI is InChI=1S/C17H21FN2O/c1-12-5-2-3-7-16(12)20-17(21)14-11-13(6-4-10-19)8-9-15(14)18/h8-9,11-12,16H,2-3,5,7,10,19H2,1H3,(H,20,21). The summed E-state index contributed by atoms with van der Waals surface area (Å²) in [6.07, 6.45) is 4.38. The van der Waals surface area contributed by atoms with Crippen LogP contribution in [-0.4, -0.2) is 18.5 Å². The fourth-order valence-electron chi connectivity index (χ4n) is 2.71. The summed E-state index contributed by atoms with van der Waals surface area (Å²) in [5.41, 5.74) is 5.97. The van der Waals surface area contributed by atoms with Crippen LogP contribution in [0.3, 0.4) is 0 Å². The second kappa shape index (κ2) is 7.24. The Labute approximate surface area is 125 Å². The number of carbonyl (C=O) groups is 1. The largest absolute Gasteiger partial charge is 0.349 e. The van der Waals surface area contributed by atoms with Crippen LogP contribution in [0.5, 0.6) is 0 Å². The molecule has 1 aromatic carbocycles. The van der Waals surface area contributed by atoms with E-state index in [1.54, 1.807) is 6.07 Å². The number of amides is 1. The summed E-state index contributed by atoms with van der Waals surface area (Å²) >= 11 is 0. The van der Waals surface area contributed by atoms with E-state index in [0.29, 0.717) is 11.5 Å². The van der Waals surface area contributed by atoms with Gasteiger partial charge in [-0.3, -0.25) is 4.79 Å². The van der Waals surface area contributed by atoms with Gasteiger partial charge in [0.2, 0.25) is 0 Å². The summed E-state index contributed by atoms with van der Waals surface area (Å²) in [6.45, 7) is 2.36. The molecule has 1 saturated carbocycles. The Morgan fingerprint density at radius 2 is 2.19 bits per heavy atom. The van der Waals surface area contributed by atoms with E-state index in [0.717, 1.165) is 19.3 Å². The molecule has 1 aromatic rings. The zero-order valence-corrected chi connectivity index (χ0v) is 12.3. The first kappa shape index (κ1) is 15.5. The first-order chi connectivity index (χ1) is 10.1. The van der Waals surface area contributed by atoms with Crippen molar-refractivity contribution in [1.29, 1.82) is 0 Å². The van der Waals surface area contributed by atoms with Gasteiger partial charge in [-0.1, -0.05) is 31.6 Å². The smallest absolute Gasteiger partial charge is 0.254 e. The lowest BCUT2D eigenvalue weighted by molar-refractivity contribution is 0.0906. The van der Waals surface area contributed by atoms with E-state index in [1.165, 1.54) is 18.6 Å². The van der Waals surface area contributed by atoms with Gasteiger partial charge in [0.25, 0.3) is 5.91 Å². The highest BCUT2D eigenvalue weighted by Crippen LogP contribution is 2.24. The molecule has 1 amide bonds. The summed E-state index contributed by atoms with van der Waals surface area (Å²) in [5.74, 6) is 5.08. The van der Waals surface area contributed by atoms with Crippen LogP contribution in [0.15, 0.2) is 18.2 Å². The molecule has 1 aliphatic rings. The van der Waals surface area contributed by atoms with Crippen LogP contribution in [0.25, 0.3) is 0 Å². The van der Waals surface area contributed by atoms with Crippen molar-refractivity contribution in [2.75, 3.05) is 6.54 Å². The van der Waals surface area contributed by atoms with Gasteiger partial charge in [0, 0.05) is 11.6 Å². The number of nitrogens with one attached hydrogen (secondary N) is 1. The molecule has 0 aliphatic heterocycles. The Bertz CT molecular complexity index is 574. The minimum absolute atomic E-state index is 0.0524. The molecule has 1 aliphatic carbocycles. The predicted octanol–water partition coefficient (Wildman–Crippen LogP) is 2.44. The zero-order valence-electron chi connectivity index (χ0n) is 12.3. The van der Waals surface area contributed by atoms with Gasteiger partial charge >= 0.3 is 0 Å². The van der Waals surface area contributed by atoms with Gasteiger partial charge in [0.1, 0.15) is 5.82 Å².